The first-order chi connectivity index (χ1) is 22.3. The highest BCUT2D eigenvalue weighted by Crippen LogP contribution is 2.33. The molecule has 6 rings (SSSR count). The molecule has 1 fully saturated rings. The van der Waals surface area contributed by atoms with Crippen molar-refractivity contribution in [3.63, 3.8) is 0 Å². The molecular formula is C39H42ClN5O. The third-order valence-electron chi connectivity index (χ3n) is 9.14. The summed E-state index contributed by atoms with van der Waals surface area (Å²) in [5.74, 6) is -0.299. The van der Waals surface area contributed by atoms with E-state index in [9.17, 15) is 4.79 Å². The first-order valence-corrected chi connectivity index (χ1v) is 16.4. The van der Waals surface area contributed by atoms with Crippen molar-refractivity contribution in [1.82, 2.24) is 14.7 Å². The number of rotatable bonds is 11. The van der Waals surface area contributed by atoms with E-state index in [2.05, 4.69) is 126 Å². The summed E-state index contributed by atoms with van der Waals surface area (Å²) in [7, 11) is 0. The number of aromatic nitrogens is 2. The van der Waals surface area contributed by atoms with Gasteiger partial charge in [-0.2, -0.15) is 5.10 Å². The molecule has 2 N–H and O–H groups in total. The van der Waals surface area contributed by atoms with Crippen LogP contribution in [0.15, 0.2) is 115 Å². The van der Waals surface area contributed by atoms with Crippen molar-refractivity contribution in [1.29, 1.82) is 0 Å². The standard InChI is InChI=1S/C39H42ClN5O/c1-39(2,28-29-13-17-33(40)18-14-29)36-27-35(38(41)46)42-45(36)26-23-43-21-24-44(25-22-43)34-19-15-32(16-20-34)37(30-9-5-3-6-10-30)31-11-7-4-8-12-31/h3-20,27,37H,21-26,28H2,1-2H3,(H2,41,46). The lowest BCUT2D eigenvalue weighted by atomic mass is 9.82. The molecule has 236 valence electrons. The van der Waals surface area contributed by atoms with E-state index >= 15 is 0 Å². The third-order valence-corrected chi connectivity index (χ3v) is 9.39. The fourth-order valence-electron chi connectivity index (χ4n) is 6.67. The normalized spacial score (nSPS) is 14.1. The second-order valence-electron chi connectivity index (χ2n) is 12.9. The number of primary amides is 1. The summed E-state index contributed by atoms with van der Waals surface area (Å²) < 4.78 is 1.98. The molecule has 0 radical (unpaired) electrons. The molecule has 4 aromatic carbocycles. The number of nitrogens with zero attached hydrogens (tertiary/aromatic N) is 4. The molecule has 0 spiro atoms. The zero-order chi connectivity index (χ0) is 32.1. The maximum absolute atomic E-state index is 12.1. The molecule has 46 heavy (non-hydrogen) atoms. The fraction of sp³-hybridized carbons (Fsp3) is 0.282. The van der Waals surface area contributed by atoms with Crippen LogP contribution in [0.3, 0.4) is 0 Å². The number of amides is 1. The zero-order valence-corrected chi connectivity index (χ0v) is 27.4. The Balaban J connectivity index is 1.09. The summed E-state index contributed by atoms with van der Waals surface area (Å²) in [5, 5.41) is 5.35. The van der Waals surface area contributed by atoms with E-state index in [-0.39, 0.29) is 11.3 Å². The lowest BCUT2D eigenvalue weighted by Gasteiger charge is -2.36. The molecule has 7 heteroatoms. The molecule has 0 unspecified atom stereocenters. The Labute approximate surface area is 277 Å². The van der Waals surface area contributed by atoms with Crippen molar-refractivity contribution in [3.05, 3.63) is 154 Å². The Kier molecular flexibility index (Phi) is 9.57. The Hall–Kier alpha value is -4.39. The van der Waals surface area contributed by atoms with Gasteiger partial charge < -0.3 is 10.6 Å². The molecule has 0 bridgehead atoms. The van der Waals surface area contributed by atoms with Crippen LogP contribution in [0.1, 0.15) is 58.2 Å². The first-order valence-electron chi connectivity index (χ1n) is 16.1. The molecule has 2 heterocycles. The Bertz CT molecular complexity index is 1690. The number of nitrogens with two attached hydrogens (primary N) is 1. The first kappa shape index (κ1) is 31.6. The van der Waals surface area contributed by atoms with Crippen molar-refractivity contribution in [2.45, 2.75) is 38.1 Å². The molecule has 0 aliphatic carbocycles. The number of anilines is 1. The minimum absolute atomic E-state index is 0.201. The number of carbonyl (C=O) groups excluding carboxylic acids is 1. The predicted molar refractivity (Wildman–Crippen MR) is 188 cm³/mol. The van der Waals surface area contributed by atoms with Crippen LogP contribution in [0.2, 0.25) is 5.02 Å². The number of hydrogen-bond donors (Lipinski definition) is 1. The molecule has 1 aliphatic rings. The fourth-order valence-corrected chi connectivity index (χ4v) is 6.79. The van der Waals surface area contributed by atoms with Crippen molar-refractivity contribution in [3.8, 4) is 0 Å². The van der Waals surface area contributed by atoms with Gasteiger partial charge in [0.15, 0.2) is 0 Å². The van der Waals surface area contributed by atoms with Gasteiger partial charge in [-0.05, 0) is 59.0 Å². The molecule has 1 aromatic heterocycles. The number of halogens is 1. The zero-order valence-electron chi connectivity index (χ0n) is 26.6. The van der Waals surface area contributed by atoms with Crippen LogP contribution >= 0.6 is 11.6 Å². The highest BCUT2D eigenvalue weighted by atomic mass is 35.5. The molecule has 6 nitrogen and oxygen atoms in total. The maximum atomic E-state index is 12.1. The van der Waals surface area contributed by atoms with Crippen molar-refractivity contribution >= 4 is 23.2 Å². The summed E-state index contributed by atoms with van der Waals surface area (Å²) in [6.07, 6.45) is 0.795. The van der Waals surface area contributed by atoms with E-state index in [0.29, 0.717) is 12.2 Å². The van der Waals surface area contributed by atoms with Gasteiger partial charge in [0.1, 0.15) is 5.69 Å². The number of hydrogen-bond acceptors (Lipinski definition) is 4. The van der Waals surface area contributed by atoms with Crippen LogP contribution in [0, 0.1) is 0 Å². The van der Waals surface area contributed by atoms with Gasteiger partial charge in [0.2, 0.25) is 0 Å². The summed E-state index contributed by atoms with van der Waals surface area (Å²) in [6.45, 7) is 9.77. The molecular weight excluding hydrogens is 590 g/mol. The summed E-state index contributed by atoms with van der Waals surface area (Å²) in [4.78, 5) is 17.0. The van der Waals surface area contributed by atoms with Gasteiger partial charge in [0.25, 0.3) is 5.91 Å². The average molecular weight is 632 g/mol. The number of benzene rings is 4. The van der Waals surface area contributed by atoms with E-state index in [0.717, 1.165) is 49.9 Å². The minimum Gasteiger partial charge on any atom is -0.369 e. The lowest BCUT2D eigenvalue weighted by Crippen LogP contribution is -2.47. The Morgan fingerprint density at radius 2 is 1.35 bits per heavy atom. The molecule has 1 amide bonds. The van der Waals surface area contributed by atoms with E-state index in [1.807, 2.05) is 22.9 Å². The highest BCUT2D eigenvalue weighted by Gasteiger charge is 2.28. The second kappa shape index (κ2) is 13.9. The lowest BCUT2D eigenvalue weighted by molar-refractivity contribution is 0.0994. The van der Waals surface area contributed by atoms with Crippen LogP contribution in [0.25, 0.3) is 0 Å². The van der Waals surface area contributed by atoms with Crippen LogP contribution < -0.4 is 10.6 Å². The predicted octanol–water partition coefficient (Wildman–Crippen LogP) is 7.16. The monoisotopic (exact) mass is 631 g/mol. The van der Waals surface area contributed by atoms with E-state index in [1.54, 1.807) is 0 Å². The quantitative estimate of drug-likeness (QED) is 0.157. The number of piperazine rings is 1. The molecule has 1 aliphatic heterocycles. The van der Waals surface area contributed by atoms with E-state index < -0.39 is 5.91 Å². The summed E-state index contributed by atoms with van der Waals surface area (Å²) in [5.41, 5.74) is 13.1. The molecule has 1 saturated heterocycles. The third kappa shape index (κ3) is 7.35. The van der Waals surface area contributed by atoms with Gasteiger partial charge in [-0.1, -0.05) is 110 Å². The van der Waals surface area contributed by atoms with Crippen LogP contribution in [-0.4, -0.2) is 53.3 Å². The van der Waals surface area contributed by atoms with E-state index in [4.69, 9.17) is 17.3 Å². The van der Waals surface area contributed by atoms with Crippen LogP contribution in [0.4, 0.5) is 5.69 Å². The molecule has 0 saturated carbocycles. The maximum Gasteiger partial charge on any atom is 0.269 e. The second-order valence-corrected chi connectivity index (χ2v) is 13.3. The average Bonchev–Trinajstić information content (AvgIpc) is 3.53. The van der Waals surface area contributed by atoms with Crippen molar-refractivity contribution < 1.29 is 4.79 Å². The van der Waals surface area contributed by atoms with Crippen molar-refractivity contribution in [2.75, 3.05) is 37.6 Å². The van der Waals surface area contributed by atoms with Crippen LogP contribution in [-0.2, 0) is 18.4 Å². The van der Waals surface area contributed by atoms with E-state index in [1.165, 1.54) is 27.9 Å². The van der Waals surface area contributed by atoms with Gasteiger partial charge in [-0.3, -0.25) is 14.4 Å². The SMILES string of the molecule is CC(C)(Cc1ccc(Cl)cc1)c1cc(C(N)=O)nn1CCN1CCN(c2ccc(C(c3ccccc3)c3ccccc3)cc2)CC1. The minimum atomic E-state index is -0.499. The van der Waals surface area contributed by atoms with Crippen molar-refractivity contribution in [2.24, 2.45) is 5.73 Å². The van der Waals surface area contributed by atoms with Crippen LogP contribution in [0.5, 0.6) is 0 Å². The summed E-state index contributed by atoms with van der Waals surface area (Å²) in [6, 6.07) is 40.4. The van der Waals surface area contributed by atoms with Gasteiger partial charge in [0.05, 0.1) is 6.54 Å². The van der Waals surface area contributed by atoms with Gasteiger partial charge >= 0.3 is 0 Å². The smallest absolute Gasteiger partial charge is 0.269 e. The van der Waals surface area contributed by atoms with Gasteiger partial charge in [-0.15, -0.1) is 0 Å². The Morgan fingerprint density at radius 3 is 1.91 bits per heavy atom. The molecule has 0 atom stereocenters. The topological polar surface area (TPSA) is 67.4 Å². The number of carbonyl (C=O) groups is 1. The Morgan fingerprint density at radius 1 is 0.783 bits per heavy atom. The summed E-state index contributed by atoms with van der Waals surface area (Å²) >= 11 is 6.11. The van der Waals surface area contributed by atoms with Gasteiger partial charge in [0, 0.05) is 60.5 Å². The molecule has 5 aromatic rings. The largest absolute Gasteiger partial charge is 0.369 e. The van der Waals surface area contributed by atoms with Gasteiger partial charge in [-0.25, -0.2) is 0 Å². The highest BCUT2D eigenvalue weighted by molar-refractivity contribution is 6.30.